The molecule has 4 amide bonds. The van der Waals surface area contributed by atoms with Crippen LogP contribution in [0.1, 0.15) is 12.8 Å². The highest BCUT2D eigenvalue weighted by Crippen LogP contribution is 2.21. The highest BCUT2D eigenvalue weighted by molar-refractivity contribution is 6.00. The molecule has 6 N–H and O–H groups in total. The topological polar surface area (TPSA) is 175 Å². The van der Waals surface area contributed by atoms with Crippen LogP contribution < -0.4 is 30.7 Å². The molecule has 0 saturated heterocycles. The molecule has 0 aromatic heterocycles. The van der Waals surface area contributed by atoms with E-state index in [1.165, 1.54) is 48.5 Å². The van der Waals surface area contributed by atoms with E-state index in [4.69, 9.17) is 9.47 Å². The Balaban J connectivity index is 1.22. The zero-order chi connectivity index (χ0) is 29.9. The lowest BCUT2D eigenvalue weighted by molar-refractivity contribution is -0.140. The average molecular weight is 571 g/mol. The summed E-state index contributed by atoms with van der Waals surface area (Å²) in [5, 5.41) is 29.3. The van der Waals surface area contributed by atoms with E-state index < -0.39 is 24.0 Å². The van der Waals surface area contributed by atoms with Crippen molar-refractivity contribution < 1.29 is 38.9 Å². The number of benzene rings is 4. The largest absolute Gasteiger partial charge is 0.508 e. The van der Waals surface area contributed by atoms with Gasteiger partial charge in [-0.05, 0) is 48.5 Å². The Hall–Kier alpha value is -6.04. The SMILES string of the molecule is O=C(Nc1cccc(O)c1)Nc1cccc(OC(=O)CCC(=O)Oc2cccc(NC(=O)Nc3cccc(O)c3)c2)c1. The Bertz CT molecular complexity index is 1490. The van der Waals surface area contributed by atoms with Gasteiger partial charge in [0, 0.05) is 47.0 Å². The molecule has 4 aromatic rings. The van der Waals surface area contributed by atoms with Gasteiger partial charge in [-0.3, -0.25) is 9.59 Å². The van der Waals surface area contributed by atoms with Crippen molar-refractivity contribution in [3.05, 3.63) is 97.1 Å². The van der Waals surface area contributed by atoms with Crippen LogP contribution in [0.5, 0.6) is 23.0 Å². The smallest absolute Gasteiger partial charge is 0.323 e. The van der Waals surface area contributed by atoms with Crippen molar-refractivity contribution in [1.82, 2.24) is 0 Å². The van der Waals surface area contributed by atoms with Crippen molar-refractivity contribution in [2.75, 3.05) is 21.3 Å². The fourth-order valence-electron chi connectivity index (χ4n) is 3.60. The molecule has 42 heavy (non-hydrogen) atoms. The fraction of sp³-hybridized carbons (Fsp3) is 0.0667. The normalized spacial score (nSPS) is 10.2. The highest BCUT2D eigenvalue weighted by atomic mass is 16.5. The van der Waals surface area contributed by atoms with E-state index in [2.05, 4.69) is 21.3 Å². The molecule has 0 atom stereocenters. The molecule has 12 nitrogen and oxygen atoms in total. The van der Waals surface area contributed by atoms with Crippen molar-refractivity contribution in [2.24, 2.45) is 0 Å². The highest BCUT2D eigenvalue weighted by Gasteiger charge is 2.13. The summed E-state index contributed by atoms with van der Waals surface area (Å²) in [6, 6.07) is 23.2. The number of rotatable bonds is 9. The first kappa shape index (κ1) is 29.0. The van der Waals surface area contributed by atoms with E-state index in [0.29, 0.717) is 22.7 Å². The van der Waals surface area contributed by atoms with E-state index in [-0.39, 0.29) is 35.8 Å². The van der Waals surface area contributed by atoms with Gasteiger partial charge >= 0.3 is 24.0 Å². The lowest BCUT2D eigenvalue weighted by Crippen LogP contribution is -2.19. The second-order valence-electron chi connectivity index (χ2n) is 8.76. The summed E-state index contributed by atoms with van der Waals surface area (Å²) in [4.78, 5) is 49.0. The van der Waals surface area contributed by atoms with Gasteiger partial charge < -0.3 is 41.0 Å². The van der Waals surface area contributed by atoms with E-state index in [0.717, 1.165) is 0 Å². The number of carbonyl (C=O) groups is 4. The minimum atomic E-state index is -0.688. The summed E-state index contributed by atoms with van der Waals surface area (Å²) < 4.78 is 10.5. The number of ether oxygens (including phenoxy) is 2. The fourth-order valence-corrected chi connectivity index (χ4v) is 3.60. The molecular weight excluding hydrogens is 544 g/mol. The van der Waals surface area contributed by atoms with Crippen molar-refractivity contribution in [3.8, 4) is 23.0 Å². The molecule has 12 heteroatoms. The van der Waals surface area contributed by atoms with Crippen LogP contribution in [0.4, 0.5) is 32.3 Å². The van der Waals surface area contributed by atoms with Crippen LogP contribution in [-0.2, 0) is 9.59 Å². The molecule has 0 aliphatic carbocycles. The predicted octanol–water partition coefficient (Wildman–Crippen LogP) is 5.68. The predicted molar refractivity (Wildman–Crippen MR) is 155 cm³/mol. The molecule has 0 aliphatic heterocycles. The summed E-state index contributed by atoms with van der Waals surface area (Å²) in [6.45, 7) is 0. The van der Waals surface area contributed by atoms with Crippen LogP contribution in [-0.4, -0.2) is 34.2 Å². The quantitative estimate of drug-likeness (QED) is 0.110. The number of esters is 2. The maximum absolute atomic E-state index is 12.3. The zero-order valence-electron chi connectivity index (χ0n) is 22.0. The number of hydrogen-bond acceptors (Lipinski definition) is 8. The van der Waals surface area contributed by atoms with E-state index in [9.17, 15) is 29.4 Å². The second-order valence-corrected chi connectivity index (χ2v) is 8.76. The minimum Gasteiger partial charge on any atom is -0.508 e. The molecule has 4 rings (SSSR count). The number of phenolic OH excluding ortho intramolecular Hbond substituents is 2. The standard InChI is InChI=1S/C30H26N4O8/c35-23-9-1-5-19(15-23)31-29(39)33-21-7-3-11-25(17-21)41-27(37)13-14-28(38)42-26-12-4-8-22(18-26)34-30(40)32-20-6-2-10-24(36)16-20/h1-12,15-18,35-36H,13-14H2,(H2,31,33,39)(H2,32,34,40). The Kier molecular flexibility index (Phi) is 9.55. The van der Waals surface area contributed by atoms with Crippen LogP contribution in [0.2, 0.25) is 0 Å². The molecule has 0 unspecified atom stereocenters. The van der Waals surface area contributed by atoms with Crippen molar-refractivity contribution in [3.63, 3.8) is 0 Å². The van der Waals surface area contributed by atoms with Crippen molar-refractivity contribution in [2.45, 2.75) is 12.8 Å². The molecule has 0 fully saturated rings. The summed E-state index contributed by atoms with van der Waals surface area (Å²) in [5.74, 6) is -1.05. The molecule has 0 saturated carbocycles. The van der Waals surface area contributed by atoms with Crippen LogP contribution >= 0.6 is 0 Å². The van der Waals surface area contributed by atoms with Gasteiger partial charge in [-0.2, -0.15) is 0 Å². The molecule has 0 spiro atoms. The number of nitrogens with one attached hydrogen (secondary N) is 4. The molecule has 0 bridgehead atoms. The molecule has 0 heterocycles. The van der Waals surface area contributed by atoms with Crippen molar-refractivity contribution in [1.29, 1.82) is 0 Å². The molecule has 214 valence electrons. The number of hydrogen-bond donors (Lipinski definition) is 6. The molecular formula is C30H26N4O8. The minimum absolute atomic E-state index is 0.00262. The number of phenols is 2. The molecule has 0 aliphatic rings. The van der Waals surface area contributed by atoms with Gasteiger partial charge in [0.1, 0.15) is 23.0 Å². The van der Waals surface area contributed by atoms with Gasteiger partial charge in [0.2, 0.25) is 0 Å². The number of anilines is 4. The van der Waals surface area contributed by atoms with Gasteiger partial charge in [-0.1, -0.05) is 24.3 Å². The number of aromatic hydroxyl groups is 2. The molecule has 0 radical (unpaired) electrons. The summed E-state index contributed by atoms with van der Waals surface area (Å²) in [5.41, 5.74) is 1.48. The third-order valence-corrected chi connectivity index (χ3v) is 5.39. The number of urea groups is 2. The third kappa shape index (κ3) is 9.31. The number of carbonyl (C=O) groups excluding carboxylic acids is 4. The Morgan fingerprint density at radius 1 is 0.500 bits per heavy atom. The monoisotopic (exact) mass is 570 g/mol. The average Bonchev–Trinajstić information content (AvgIpc) is 2.92. The van der Waals surface area contributed by atoms with E-state index >= 15 is 0 Å². The van der Waals surface area contributed by atoms with Gasteiger partial charge in [0.05, 0.1) is 12.8 Å². The van der Waals surface area contributed by atoms with Crippen LogP contribution in [0.15, 0.2) is 97.1 Å². The lowest BCUT2D eigenvalue weighted by atomic mass is 10.2. The summed E-state index contributed by atoms with van der Waals surface area (Å²) in [7, 11) is 0. The van der Waals surface area contributed by atoms with Gasteiger partial charge in [0.25, 0.3) is 0 Å². The zero-order valence-corrected chi connectivity index (χ0v) is 22.0. The summed E-state index contributed by atoms with van der Waals surface area (Å²) >= 11 is 0. The van der Waals surface area contributed by atoms with E-state index in [1.54, 1.807) is 48.5 Å². The third-order valence-electron chi connectivity index (χ3n) is 5.39. The van der Waals surface area contributed by atoms with Crippen molar-refractivity contribution >= 4 is 46.8 Å². The first-order valence-electron chi connectivity index (χ1n) is 12.6. The maximum atomic E-state index is 12.3. The Morgan fingerprint density at radius 2 is 0.833 bits per heavy atom. The second kappa shape index (κ2) is 13.8. The van der Waals surface area contributed by atoms with Gasteiger partial charge in [-0.25, -0.2) is 9.59 Å². The number of amides is 4. The van der Waals surface area contributed by atoms with Gasteiger partial charge in [0.15, 0.2) is 0 Å². The lowest BCUT2D eigenvalue weighted by Gasteiger charge is -2.10. The maximum Gasteiger partial charge on any atom is 0.323 e. The Labute approximate surface area is 239 Å². The van der Waals surface area contributed by atoms with Crippen LogP contribution in [0.3, 0.4) is 0 Å². The van der Waals surface area contributed by atoms with E-state index in [1.807, 2.05) is 0 Å². The Morgan fingerprint density at radius 3 is 1.19 bits per heavy atom. The van der Waals surface area contributed by atoms with Gasteiger partial charge in [-0.15, -0.1) is 0 Å². The summed E-state index contributed by atoms with van der Waals surface area (Å²) in [6.07, 6.45) is -0.530. The first-order chi connectivity index (χ1) is 20.2. The first-order valence-corrected chi connectivity index (χ1v) is 12.6. The van der Waals surface area contributed by atoms with Crippen LogP contribution in [0.25, 0.3) is 0 Å². The molecule has 4 aromatic carbocycles. The van der Waals surface area contributed by atoms with Crippen LogP contribution in [0, 0.1) is 0 Å².